The molecule has 0 saturated carbocycles. The number of nitrogens with two attached hydrogens (primary N) is 1. The van der Waals surface area contributed by atoms with E-state index in [2.05, 4.69) is 15.0 Å². The van der Waals surface area contributed by atoms with Crippen LogP contribution in [0.1, 0.15) is 11.8 Å². The smallest absolute Gasteiger partial charge is 0.386 e. The van der Waals surface area contributed by atoms with Gasteiger partial charge >= 0.3 is 7.82 Å². The van der Waals surface area contributed by atoms with E-state index in [-0.39, 0.29) is 24.7 Å². The van der Waals surface area contributed by atoms with Crippen LogP contribution in [0.15, 0.2) is 36.9 Å². The number of rotatable bonds is 5. The molecule has 0 unspecified atom stereocenters. The summed E-state index contributed by atoms with van der Waals surface area (Å²) in [6, 6.07) is 5.55. The number of nitro groups is 1. The summed E-state index contributed by atoms with van der Waals surface area (Å²) in [7, 11) is -4.02. The Hall–Kier alpha value is -3.00. The second kappa shape index (κ2) is 7.85. The summed E-state index contributed by atoms with van der Waals surface area (Å²) in [5.74, 6) is 0.183. The lowest BCUT2D eigenvalue weighted by Gasteiger charge is -2.30. The minimum Gasteiger partial charge on any atom is -0.386 e. The van der Waals surface area contributed by atoms with Gasteiger partial charge in [-0.1, -0.05) is 0 Å². The van der Waals surface area contributed by atoms with E-state index in [0.717, 1.165) is 0 Å². The van der Waals surface area contributed by atoms with Crippen LogP contribution in [0.3, 0.4) is 0 Å². The largest absolute Gasteiger partial charge is 0.475 e. The molecule has 2 aliphatic rings. The Labute approximate surface area is 179 Å². The monoisotopic (exact) mass is 464 g/mol. The summed E-state index contributed by atoms with van der Waals surface area (Å²) in [5, 5.41) is 21.6. The van der Waals surface area contributed by atoms with Gasteiger partial charge in [0, 0.05) is 12.1 Å². The topological polar surface area (TPSA) is 187 Å². The number of non-ortho nitro benzene ring substituents is 1. The predicted octanol–water partition coefficient (Wildman–Crippen LogP) is 1.32. The van der Waals surface area contributed by atoms with Gasteiger partial charge in [0.15, 0.2) is 17.7 Å². The molecule has 1 aromatic carbocycles. The standard InChI is InChI=1S/C17H17N6O8P/c18-15-12-16(20-7-19-15)22(8-21-12)17-13(24)14-11(30-17)6-29-32(27,31-14)28-5-9-1-3-10(4-2-9)23(25)26/h1-4,7-8,11,13-14,17,24H,5-6H2,(H2,18,19,20)/t11-,13-,14-,17-,32+/m1/s1. The van der Waals surface area contributed by atoms with Gasteiger partial charge in [-0.25, -0.2) is 19.5 Å². The van der Waals surface area contributed by atoms with Crippen LogP contribution in [0.2, 0.25) is 0 Å². The Kier molecular flexibility index (Phi) is 5.12. The first-order valence-electron chi connectivity index (χ1n) is 9.42. The normalized spacial score (nSPS) is 29.8. The summed E-state index contributed by atoms with van der Waals surface area (Å²) < 4.78 is 36.4. The maximum atomic E-state index is 12.9. The molecule has 14 nitrogen and oxygen atoms in total. The first kappa shape index (κ1) is 20.9. The summed E-state index contributed by atoms with van der Waals surface area (Å²) in [4.78, 5) is 22.4. The van der Waals surface area contributed by atoms with Gasteiger partial charge in [-0.15, -0.1) is 0 Å². The molecule has 0 radical (unpaired) electrons. The van der Waals surface area contributed by atoms with E-state index in [9.17, 15) is 19.8 Å². The third-order valence-corrected chi connectivity index (χ3v) is 6.57. The van der Waals surface area contributed by atoms with Crippen molar-refractivity contribution in [2.24, 2.45) is 0 Å². The highest BCUT2D eigenvalue weighted by atomic mass is 31.2. The molecule has 2 aliphatic heterocycles. The highest BCUT2D eigenvalue weighted by Crippen LogP contribution is 2.57. The Bertz CT molecular complexity index is 1220. The van der Waals surface area contributed by atoms with E-state index in [1.165, 1.54) is 41.5 Å². The maximum absolute atomic E-state index is 12.9. The Balaban J connectivity index is 1.29. The number of hydrogen-bond acceptors (Lipinski definition) is 12. The molecule has 2 fully saturated rings. The van der Waals surface area contributed by atoms with E-state index in [1.807, 2.05) is 0 Å². The van der Waals surface area contributed by atoms with E-state index >= 15 is 0 Å². The third-order valence-electron chi connectivity index (χ3n) is 5.15. The van der Waals surface area contributed by atoms with Crippen molar-refractivity contribution in [3.63, 3.8) is 0 Å². The fraction of sp³-hybridized carbons (Fsp3) is 0.353. The fourth-order valence-electron chi connectivity index (χ4n) is 3.55. The van der Waals surface area contributed by atoms with Gasteiger partial charge in [0.25, 0.3) is 5.69 Å². The molecule has 2 saturated heterocycles. The van der Waals surface area contributed by atoms with Crippen LogP contribution in [-0.2, 0) is 29.5 Å². The quantitative estimate of drug-likeness (QED) is 0.314. The van der Waals surface area contributed by atoms with Gasteiger partial charge in [0.1, 0.15) is 30.2 Å². The highest BCUT2D eigenvalue weighted by Gasteiger charge is 2.53. The molecular weight excluding hydrogens is 447 g/mol. The summed E-state index contributed by atoms with van der Waals surface area (Å²) in [6.45, 7) is -0.311. The van der Waals surface area contributed by atoms with Crippen LogP contribution in [0, 0.1) is 10.1 Å². The Morgan fingerprint density at radius 3 is 2.84 bits per heavy atom. The van der Waals surface area contributed by atoms with E-state index < -0.39 is 37.3 Å². The third kappa shape index (κ3) is 3.62. The van der Waals surface area contributed by atoms with Crippen LogP contribution in [0.5, 0.6) is 0 Å². The minimum absolute atomic E-state index is 0.0790. The van der Waals surface area contributed by atoms with E-state index in [1.54, 1.807) is 0 Å². The molecule has 0 bridgehead atoms. The van der Waals surface area contributed by atoms with Crippen LogP contribution in [-0.4, -0.2) is 54.5 Å². The van der Waals surface area contributed by atoms with Gasteiger partial charge in [0.2, 0.25) is 0 Å². The number of imidazole rings is 1. The maximum Gasteiger partial charge on any atom is 0.475 e. The zero-order valence-electron chi connectivity index (χ0n) is 16.3. The number of nitro benzene ring substituents is 1. The number of hydrogen-bond donors (Lipinski definition) is 2. The number of benzene rings is 1. The van der Waals surface area contributed by atoms with Crippen LogP contribution >= 0.6 is 7.82 Å². The number of fused-ring (bicyclic) bond motifs is 2. The second-order valence-electron chi connectivity index (χ2n) is 7.15. The van der Waals surface area contributed by atoms with E-state index in [0.29, 0.717) is 16.7 Å². The molecule has 3 N–H and O–H groups in total. The molecule has 2 aromatic heterocycles. The second-order valence-corrected chi connectivity index (χ2v) is 8.77. The Morgan fingerprint density at radius 2 is 2.09 bits per heavy atom. The molecule has 0 spiro atoms. The zero-order chi connectivity index (χ0) is 22.5. The molecule has 0 amide bonds. The van der Waals surface area contributed by atoms with Crippen LogP contribution in [0.4, 0.5) is 11.5 Å². The first-order valence-corrected chi connectivity index (χ1v) is 10.9. The number of aliphatic hydroxyl groups is 1. The average molecular weight is 464 g/mol. The van der Waals surface area contributed by atoms with Crippen molar-refractivity contribution in [3.8, 4) is 0 Å². The molecule has 32 heavy (non-hydrogen) atoms. The summed E-state index contributed by atoms with van der Waals surface area (Å²) >= 11 is 0. The van der Waals surface area contributed by atoms with Crippen molar-refractivity contribution in [1.82, 2.24) is 19.5 Å². The van der Waals surface area contributed by atoms with E-state index in [4.69, 9.17) is 24.0 Å². The van der Waals surface area contributed by atoms with Crippen molar-refractivity contribution in [1.29, 1.82) is 0 Å². The molecule has 15 heteroatoms. The van der Waals surface area contributed by atoms with Gasteiger partial charge in [-0.2, -0.15) is 0 Å². The number of aliphatic hydroxyl groups excluding tert-OH is 1. The van der Waals surface area contributed by atoms with Crippen molar-refractivity contribution >= 4 is 30.5 Å². The highest BCUT2D eigenvalue weighted by molar-refractivity contribution is 7.48. The number of aromatic nitrogens is 4. The molecule has 5 rings (SSSR count). The zero-order valence-corrected chi connectivity index (χ0v) is 17.1. The molecule has 3 aromatic rings. The lowest BCUT2D eigenvalue weighted by atomic mass is 10.1. The number of anilines is 1. The minimum atomic E-state index is -4.02. The number of ether oxygens (including phenoxy) is 1. The van der Waals surface area contributed by atoms with Crippen LogP contribution in [0.25, 0.3) is 11.2 Å². The number of phosphoric acid groups is 1. The average Bonchev–Trinajstić information content (AvgIpc) is 3.35. The van der Waals surface area contributed by atoms with Gasteiger partial charge in [0.05, 0.1) is 24.5 Å². The number of nitrogens with zero attached hydrogens (tertiary/aromatic N) is 5. The molecule has 4 heterocycles. The van der Waals surface area contributed by atoms with Gasteiger partial charge in [-0.3, -0.25) is 28.3 Å². The van der Waals surface area contributed by atoms with Crippen molar-refractivity contribution < 1.29 is 32.9 Å². The van der Waals surface area contributed by atoms with Gasteiger partial charge in [-0.05, 0) is 17.7 Å². The SMILES string of the molecule is Nc1ncnc2c1ncn2[C@@H]1O[C@@H]2CO[P@](=O)(OCc3ccc([N+](=O)[O-])cc3)O[C@H]2[C@H]1O. The molecule has 5 atom stereocenters. The molecular formula is C17H17N6O8P. The van der Waals surface area contributed by atoms with Crippen molar-refractivity contribution in [2.75, 3.05) is 12.3 Å². The first-order chi connectivity index (χ1) is 15.3. The number of nitrogen functional groups attached to an aromatic ring is 1. The Morgan fingerprint density at radius 1 is 1.31 bits per heavy atom. The molecule has 0 aliphatic carbocycles. The lowest BCUT2D eigenvalue weighted by Crippen LogP contribution is -2.39. The lowest BCUT2D eigenvalue weighted by molar-refractivity contribution is -0.384. The molecule has 168 valence electrons. The number of phosphoric ester groups is 1. The predicted molar refractivity (Wildman–Crippen MR) is 106 cm³/mol. The van der Waals surface area contributed by atoms with Crippen molar-refractivity contribution in [2.45, 2.75) is 31.1 Å². The van der Waals surface area contributed by atoms with Gasteiger partial charge < -0.3 is 15.6 Å². The summed E-state index contributed by atoms with van der Waals surface area (Å²) in [6.07, 6.45) is -1.19. The fourth-order valence-corrected chi connectivity index (χ4v) is 4.94. The summed E-state index contributed by atoms with van der Waals surface area (Å²) in [5.41, 5.74) is 6.96. The van der Waals surface area contributed by atoms with Crippen LogP contribution < -0.4 is 5.73 Å². The van der Waals surface area contributed by atoms with Crippen molar-refractivity contribution in [3.05, 3.63) is 52.6 Å².